The van der Waals surface area contributed by atoms with Crippen molar-refractivity contribution >= 4 is 28.6 Å². The highest BCUT2D eigenvalue weighted by Gasteiger charge is 2.21. The number of fused-ring (bicyclic) bond motifs is 1. The smallest absolute Gasteiger partial charge is 0.267 e. The van der Waals surface area contributed by atoms with E-state index in [1.807, 2.05) is 6.07 Å². The molecule has 1 amide bonds. The number of benzene rings is 1. The number of thiazole rings is 1. The SMILES string of the molecule is CCN1CCc2ccc(NC(=O)c3cnc(C(C)(C)C)s3)cc21. The number of rotatable bonds is 3. The molecule has 4 nitrogen and oxygen atoms in total. The Balaban J connectivity index is 1.77. The van der Waals surface area contributed by atoms with Crippen molar-refractivity contribution < 1.29 is 4.79 Å². The minimum Gasteiger partial charge on any atom is -0.371 e. The van der Waals surface area contributed by atoms with Gasteiger partial charge in [0, 0.05) is 29.9 Å². The van der Waals surface area contributed by atoms with Gasteiger partial charge in [0.05, 0.1) is 11.2 Å². The summed E-state index contributed by atoms with van der Waals surface area (Å²) in [4.78, 5) is 19.8. The quantitative estimate of drug-likeness (QED) is 0.923. The molecule has 0 fully saturated rings. The summed E-state index contributed by atoms with van der Waals surface area (Å²) in [7, 11) is 0. The zero-order valence-corrected chi connectivity index (χ0v) is 15.0. The van der Waals surface area contributed by atoms with Crippen LogP contribution in [0, 0.1) is 0 Å². The van der Waals surface area contributed by atoms with E-state index in [4.69, 9.17) is 0 Å². The summed E-state index contributed by atoms with van der Waals surface area (Å²) in [5, 5.41) is 3.98. The van der Waals surface area contributed by atoms with Gasteiger partial charge < -0.3 is 10.2 Å². The molecule has 1 aliphatic rings. The van der Waals surface area contributed by atoms with Crippen molar-refractivity contribution in [3.05, 3.63) is 39.8 Å². The number of nitrogens with zero attached hydrogens (tertiary/aromatic N) is 2. The van der Waals surface area contributed by atoms with E-state index >= 15 is 0 Å². The van der Waals surface area contributed by atoms with Gasteiger partial charge in [0.1, 0.15) is 4.88 Å². The number of aromatic nitrogens is 1. The Labute approximate surface area is 141 Å². The monoisotopic (exact) mass is 329 g/mol. The van der Waals surface area contributed by atoms with Crippen LogP contribution in [-0.2, 0) is 11.8 Å². The fourth-order valence-corrected chi connectivity index (χ4v) is 3.64. The minimum absolute atomic E-state index is 0.0294. The second-order valence-electron chi connectivity index (χ2n) is 6.91. The van der Waals surface area contributed by atoms with Crippen LogP contribution in [0.5, 0.6) is 0 Å². The van der Waals surface area contributed by atoms with Crippen LogP contribution in [0.25, 0.3) is 0 Å². The van der Waals surface area contributed by atoms with Crippen LogP contribution in [0.3, 0.4) is 0 Å². The van der Waals surface area contributed by atoms with Gasteiger partial charge in [0.25, 0.3) is 5.91 Å². The van der Waals surface area contributed by atoms with Gasteiger partial charge in [0.2, 0.25) is 0 Å². The Hall–Kier alpha value is -1.88. The zero-order valence-electron chi connectivity index (χ0n) is 14.1. The maximum Gasteiger partial charge on any atom is 0.267 e. The van der Waals surface area contributed by atoms with E-state index in [1.165, 1.54) is 22.6 Å². The van der Waals surface area contributed by atoms with E-state index in [-0.39, 0.29) is 11.3 Å². The van der Waals surface area contributed by atoms with Crippen molar-refractivity contribution in [2.45, 2.75) is 39.5 Å². The number of likely N-dealkylation sites (N-methyl/N-ethyl adjacent to an activating group) is 1. The molecule has 122 valence electrons. The van der Waals surface area contributed by atoms with Gasteiger partial charge >= 0.3 is 0 Å². The molecule has 1 N–H and O–H groups in total. The molecule has 2 heterocycles. The molecule has 1 aromatic heterocycles. The first-order valence-electron chi connectivity index (χ1n) is 8.04. The molecular weight excluding hydrogens is 306 g/mol. The summed E-state index contributed by atoms with van der Waals surface area (Å²) in [5.41, 5.74) is 3.42. The highest BCUT2D eigenvalue weighted by molar-refractivity contribution is 7.13. The molecule has 0 unspecified atom stereocenters. The summed E-state index contributed by atoms with van der Waals surface area (Å²) in [5.74, 6) is -0.0843. The summed E-state index contributed by atoms with van der Waals surface area (Å²) in [6.45, 7) is 10.5. The van der Waals surface area contributed by atoms with Crippen molar-refractivity contribution in [2.24, 2.45) is 0 Å². The van der Waals surface area contributed by atoms with Gasteiger partial charge in [-0.15, -0.1) is 11.3 Å². The normalized spacial score (nSPS) is 14.0. The van der Waals surface area contributed by atoms with Crippen LogP contribution in [0.1, 0.15) is 47.9 Å². The molecule has 0 radical (unpaired) electrons. The van der Waals surface area contributed by atoms with E-state index in [2.05, 4.69) is 55.0 Å². The molecule has 23 heavy (non-hydrogen) atoms. The molecule has 2 aromatic rings. The van der Waals surface area contributed by atoms with Gasteiger partial charge in [-0.2, -0.15) is 0 Å². The number of amides is 1. The van der Waals surface area contributed by atoms with Gasteiger partial charge in [0.15, 0.2) is 0 Å². The molecule has 5 heteroatoms. The van der Waals surface area contributed by atoms with Gasteiger partial charge in [-0.05, 0) is 31.0 Å². The summed E-state index contributed by atoms with van der Waals surface area (Å²) in [6, 6.07) is 6.19. The van der Waals surface area contributed by atoms with E-state index in [9.17, 15) is 4.79 Å². The summed E-state index contributed by atoms with van der Waals surface area (Å²) < 4.78 is 0. The number of carbonyl (C=O) groups excluding carboxylic acids is 1. The van der Waals surface area contributed by atoms with Crippen LogP contribution in [0.15, 0.2) is 24.4 Å². The molecule has 0 spiro atoms. The number of anilines is 2. The molecule has 0 saturated heterocycles. The standard InChI is InChI=1S/C18H23N3OS/c1-5-21-9-8-12-6-7-13(10-14(12)21)20-16(22)15-11-19-17(23-15)18(2,3)4/h6-7,10-11H,5,8-9H2,1-4H3,(H,20,22). The molecule has 0 aliphatic carbocycles. The van der Waals surface area contributed by atoms with Gasteiger partial charge in [-0.3, -0.25) is 4.79 Å². The Bertz CT molecular complexity index is 730. The maximum atomic E-state index is 12.5. The lowest BCUT2D eigenvalue weighted by molar-refractivity contribution is 0.103. The number of hydrogen-bond donors (Lipinski definition) is 1. The number of carbonyl (C=O) groups is 1. The Kier molecular flexibility index (Phi) is 4.15. The first kappa shape index (κ1) is 16.0. The van der Waals surface area contributed by atoms with Gasteiger partial charge in [-0.1, -0.05) is 26.8 Å². The molecule has 1 aliphatic heterocycles. The second kappa shape index (κ2) is 5.96. The van der Waals surface area contributed by atoms with Crippen LogP contribution in [-0.4, -0.2) is 24.0 Å². The van der Waals surface area contributed by atoms with Crippen molar-refractivity contribution in [3.63, 3.8) is 0 Å². The third-order valence-electron chi connectivity index (χ3n) is 4.09. The Morgan fingerprint density at radius 3 is 2.83 bits per heavy atom. The number of nitrogens with one attached hydrogen (secondary N) is 1. The van der Waals surface area contributed by atoms with Crippen molar-refractivity contribution in [3.8, 4) is 0 Å². The lowest BCUT2D eigenvalue weighted by atomic mass is 9.98. The molecule has 0 saturated carbocycles. The fourth-order valence-electron chi connectivity index (χ4n) is 2.77. The van der Waals surface area contributed by atoms with E-state index in [0.29, 0.717) is 4.88 Å². The summed E-state index contributed by atoms with van der Waals surface area (Å²) >= 11 is 1.46. The van der Waals surface area contributed by atoms with Crippen molar-refractivity contribution in [2.75, 3.05) is 23.3 Å². The zero-order chi connectivity index (χ0) is 16.6. The van der Waals surface area contributed by atoms with Crippen LogP contribution in [0.4, 0.5) is 11.4 Å². The fraction of sp³-hybridized carbons (Fsp3) is 0.444. The minimum atomic E-state index is -0.0843. The second-order valence-corrected chi connectivity index (χ2v) is 7.94. The molecule has 3 rings (SSSR count). The van der Waals surface area contributed by atoms with E-state index in [1.54, 1.807) is 6.20 Å². The highest BCUT2D eigenvalue weighted by Crippen LogP contribution is 2.31. The maximum absolute atomic E-state index is 12.5. The molecule has 1 aromatic carbocycles. The highest BCUT2D eigenvalue weighted by atomic mass is 32.1. The van der Waals surface area contributed by atoms with Crippen LogP contribution < -0.4 is 10.2 Å². The lowest BCUT2D eigenvalue weighted by Crippen LogP contribution is -2.19. The average Bonchev–Trinajstić information content (AvgIpc) is 3.13. The molecule has 0 atom stereocenters. The van der Waals surface area contributed by atoms with E-state index < -0.39 is 0 Å². The molecular formula is C18H23N3OS. The predicted octanol–water partition coefficient (Wildman–Crippen LogP) is 4.08. The van der Waals surface area contributed by atoms with Gasteiger partial charge in [-0.25, -0.2) is 4.98 Å². The van der Waals surface area contributed by atoms with Crippen LogP contribution in [0.2, 0.25) is 0 Å². The largest absolute Gasteiger partial charge is 0.371 e. The van der Waals surface area contributed by atoms with Crippen molar-refractivity contribution in [1.82, 2.24) is 4.98 Å². The van der Waals surface area contributed by atoms with E-state index in [0.717, 1.165) is 30.2 Å². The number of hydrogen-bond acceptors (Lipinski definition) is 4. The third-order valence-corrected chi connectivity index (χ3v) is 5.51. The van der Waals surface area contributed by atoms with Crippen LogP contribution >= 0.6 is 11.3 Å². The third kappa shape index (κ3) is 3.24. The van der Waals surface area contributed by atoms with Crippen molar-refractivity contribution in [1.29, 1.82) is 0 Å². The average molecular weight is 329 g/mol. The first-order valence-corrected chi connectivity index (χ1v) is 8.85. The lowest BCUT2D eigenvalue weighted by Gasteiger charge is -2.17. The topological polar surface area (TPSA) is 45.2 Å². The Morgan fingerprint density at radius 1 is 1.39 bits per heavy atom. The Morgan fingerprint density at radius 2 is 2.17 bits per heavy atom. The predicted molar refractivity (Wildman–Crippen MR) is 96.8 cm³/mol. The molecule has 0 bridgehead atoms. The summed E-state index contributed by atoms with van der Waals surface area (Å²) in [6.07, 6.45) is 2.76. The first-order chi connectivity index (χ1) is 10.9.